The van der Waals surface area contributed by atoms with Gasteiger partial charge in [-0.05, 0) is 47.3 Å². The van der Waals surface area contributed by atoms with Crippen molar-refractivity contribution >= 4 is 59.3 Å². The van der Waals surface area contributed by atoms with Crippen LogP contribution in [0.5, 0.6) is 0 Å². The molecule has 0 saturated carbocycles. The van der Waals surface area contributed by atoms with Crippen LogP contribution in [-0.2, 0) is 20.8 Å². The van der Waals surface area contributed by atoms with E-state index in [1.165, 1.54) is 27.0 Å². The highest BCUT2D eigenvalue weighted by Gasteiger charge is 2.33. The van der Waals surface area contributed by atoms with Gasteiger partial charge in [0.2, 0.25) is 0 Å². The second-order valence-electron chi connectivity index (χ2n) is 6.69. The standard InChI is InChI=1S/C21H14N2O3S4/c22-13-16-6-7-19(27-16)15-5-8-20-17(11-15)23(9-10-29(20)24)30(25,26)21-12-14-3-1-2-4-18(14)28-21/h1-8,11-12H,9-10H2. The van der Waals surface area contributed by atoms with E-state index in [1.807, 2.05) is 36.4 Å². The van der Waals surface area contributed by atoms with Crippen LogP contribution in [0.25, 0.3) is 20.5 Å². The molecule has 0 saturated heterocycles. The summed E-state index contributed by atoms with van der Waals surface area (Å²) in [6.07, 6.45) is 0. The van der Waals surface area contributed by atoms with Crippen LogP contribution < -0.4 is 4.31 Å². The Bertz CT molecular complexity index is 1430. The van der Waals surface area contributed by atoms with Crippen molar-refractivity contribution in [3.63, 3.8) is 0 Å². The van der Waals surface area contributed by atoms with Crippen molar-refractivity contribution in [3.05, 3.63) is 65.5 Å². The van der Waals surface area contributed by atoms with Crippen LogP contribution >= 0.6 is 22.7 Å². The van der Waals surface area contributed by atoms with E-state index in [9.17, 15) is 12.6 Å². The molecule has 4 aromatic rings. The highest BCUT2D eigenvalue weighted by Crippen LogP contribution is 2.39. The van der Waals surface area contributed by atoms with Gasteiger partial charge in [-0.15, -0.1) is 22.7 Å². The van der Waals surface area contributed by atoms with E-state index < -0.39 is 20.8 Å². The van der Waals surface area contributed by atoms with Crippen molar-refractivity contribution in [1.29, 1.82) is 5.26 Å². The lowest BCUT2D eigenvalue weighted by Crippen LogP contribution is -2.37. The van der Waals surface area contributed by atoms with Crippen molar-refractivity contribution in [1.82, 2.24) is 0 Å². The van der Waals surface area contributed by atoms with Crippen LogP contribution in [0, 0.1) is 11.3 Å². The van der Waals surface area contributed by atoms with E-state index in [4.69, 9.17) is 5.26 Å². The molecule has 0 spiro atoms. The first-order chi connectivity index (χ1) is 14.5. The van der Waals surface area contributed by atoms with E-state index in [-0.39, 0.29) is 16.5 Å². The van der Waals surface area contributed by atoms with Gasteiger partial charge in [0.05, 0.1) is 21.4 Å². The molecule has 3 heterocycles. The largest absolute Gasteiger partial charge is 0.273 e. The molecule has 1 aliphatic rings. The van der Waals surface area contributed by atoms with Crippen molar-refractivity contribution < 1.29 is 12.6 Å². The minimum absolute atomic E-state index is 0.160. The Morgan fingerprint density at radius 1 is 1.03 bits per heavy atom. The van der Waals surface area contributed by atoms with Crippen LogP contribution in [0.1, 0.15) is 4.88 Å². The number of anilines is 1. The second kappa shape index (κ2) is 7.32. The molecule has 0 N–H and O–H groups in total. The van der Waals surface area contributed by atoms with E-state index in [2.05, 4.69) is 6.07 Å². The minimum Gasteiger partial charge on any atom is -0.263 e. The predicted molar refractivity (Wildman–Crippen MR) is 122 cm³/mol. The molecular weight excluding hydrogens is 457 g/mol. The van der Waals surface area contributed by atoms with E-state index >= 15 is 0 Å². The predicted octanol–water partition coefficient (Wildman–Crippen LogP) is 4.82. The van der Waals surface area contributed by atoms with Gasteiger partial charge in [-0.25, -0.2) is 8.42 Å². The number of benzene rings is 2. The third kappa shape index (κ3) is 3.17. The van der Waals surface area contributed by atoms with Gasteiger partial charge in [0.1, 0.15) is 15.2 Å². The number of nitrogens with zero attached hydrogens (tertiary/aromatic N) is 2. The fraction of sp³-hybridized carbons (Fsp3) is 0.0952. The lowest BCUT2D eigenvalue weighted by molar-refractivity contribution is 0.593. The maximum atomic E-state index is 13.5. The van der Waals surface area contributed by atoms with Gasteiger partial charge in [0.15, 0.2) is 0 Å². The number of hydrogen-bond acceptors (Lipinski definition) is 6. The Labute approximate surface area is 184 Å². The first kappa shape index (κ1) is 19.5. The van der Waals surface area contributed by atoms with Crippen molar-refractivity contribution in [3.8, 4) is 16.5 Å². The van der Waals surface area contributed by atoms with Crippen molar-refractivity contribution in [2.45, 2.75) is 9.10 Å². The first-order valence-corrected chi connectivity index (χ1v) is 13.4. The Hall–Kier alpha value is -2.51. The zero-order valence-electron chi connectivity index (χ0n) is 15.4. The molecule has 0 fully saturated rings. The van der Waals surface area contributed by atoms with Crippen LogP contribution in [0.4, 0.5) is 5.69 Å². The molecule has 1 aliphatic heterocycles. The fourth-order valence-electron chi connectivity index (χ4n) is 3.45. The monoisotopic (exact) mass is 470 g/mol. The Kier molecular flexibility index (Phi) is 4.75. The smallest absolute Gasteiger partial charge is 0.263 e. The van der Waals surface area contributed by atoms with Gasteiger partial charge in [0, 0.05) is 21.9 Å². The zero-order valence-corrected chi connectivity index (χ0v) is 18.7. The summed E-state index contributed by atoms with van der Waals surface area (Å²) in [6.45, 7) is 0.160. The number of nitriles is 1. The molecule has 1 atom stereocenters. The van der Waals surface area contributed by atoms with Gasteiger partial charge in [-0.1, -0.05) is 24.3 Å². The topological polar surface area (TPSA) is 78.2 Å². The van der Waals surface area contributed by atoms with Crippen LogP contribution in [0.2, 0.25) is 0 Å². The summed E-state index contributed by atoms with van der Waals surface area (Å²) in [5, 5.41) is 9.98. The summed E-state index contributed by atoms with van der Waals surface area (Å²) in [5.74, 6) is 0.258. The maximum Gasteiger partial charge on any atom is 0.273 e. The molecule has 0 bridgehead atoms. The SMILES string of the molecule is N#Cc1ccc(-c2ccc3c(c2)N(S(=O)(=O)c2cc4ccccc4s2)CCS3=O)s1. The number of rotatable bonds is 3. The number of thiophene rings is 2. The molecule has 0 aliphatic carbocycles. The minimum atomic E-state index is -3.79. The number of hydrogen-bond donors (Lipinski definition) is 0. The van der Waals surface area contributed by atoms with E-state index in [0.717, 1.165) is 20.5 Å². The quantitative estimate of drug-likeness (QED) is 0.430. The van der Waals surface area contributed by atoms with Crippen LogP contribution in [0.3, 0.4) is 0 Å². The normalized spacial score (nSPS) is 16.4. The third-order valence-electron chi connectivity index (χ3n) is 4.90. The average Bonchev–Trinajstić information content (AvgIpc) is 3.41. The maximum absolute atomic E-state index is 13.5. The molecule has 0 radical (unpaired) electrons. The van der Waals surface area contributed by atoms with Gasteiger partial charge in [-0.3, -0.25) is 8.51 Å². The Morgan fingerprint density at radius 2 is 1.87 bits per heavy atom. The fourth-order valence-corrected chi connectivity index (χ4v) is 8.60. The molecule has 2 aromatic heterocycles. The average molecular weight is 471 g/mol. The van der Waals surface area contributed by atoms with Crippen LogP contribution in [0.15, 0.2) is 69.8 Å². The number of fused-ring (bicyclic) bond motifs is 2. The summed E-state index contributed by atoms with van der Waals surface area (Å²) >= 11 is 2.58. The van der Waals surface area contributed by atoms with E-state index in [0.29, 0.717) is 15.5 Å². The summed E-state index contributed by atoms with van der Waals surface area (Å²) in [7, 11) is -5.05. The van der Waals surface area contributed by atoms with Gasteiger partial charge in [0.25, 0.3) is 10.0 Å². The lowest BCUT2D eigenvalue weighted by Gasteiger charge is -2.29. The third-order valence-corrected chi connectivity index (χ3v) is 10.7. The molecule has 9 heteroatoms. The summed E-state index contributed by atoms with van der Waals surface area (Å²) in [4.78, 5) is 1.97. The lowest BCUT2D eigenvalue weighted by atomic mass is 10.1. The van der Waals surface area contributed by atoms with Gasteiger partial charge in [-0.2, -0.15) is 5.26 Å². The molecule has 2 aromatic carbocycles. The Morgan fingerprint density at radius 3 is 2.63 bits per heavy atom. The molecule has 0 amide bonds. The van der Waals surface area contributed by atoms with E-state index in [1.54, 1.807) is 24.3 Å². The highest BCUT2D eigenvalue weighted by molar-refractivity contribution is 7.95. The van der Waals surface area contributed by atoms with Crippen molar-refractivity contribution in [2.24, 2.45) is 0 Å². The first-order valence-electron chi connectivity index (χ1n) is 9.01. The van der Waals surface area contributed by atoms with Gasteiger partial charge >= 0.3 is 0 Å². The summed E-state index contributed by atoms with van der Waals surface area (Å²) in [6, 6.07) is 20.3. The number of sulfonamides is 1. The molecular formula is C21H14N2O3S4. The molecule has 30 heavy (non-hydrogen) atoms. The van der Waals surface area contributed by atoms with Crippen molar-refractivity contribution in [2.75, 3.05) is 16.6 Å². The second-order valence-corrected chi connectivity index (χ2v) is 12.5. The molecule has 5 rings (SSSR count). The summed E-state index contributed by atoms with van der Waals surface area (Å²) in [5.41, 5.74) is 1.25. The van der Waals surface area contributed by atoms with Gasteiger partial charge < -0.3 is 0 Å². The summed E-state index contributed by atoms with van der Waals surface area (Å²) < 4.78 is 42.2. The molecule has 150 valence electrons. The zero-order chi connectivity index (χ0) is 20.9. The molecule has 1 unspecified atom stereocenters. The molecule has 5 nitrogen and oxygen atoms in total. The van der Waals surface area contributed by atoms with Crippen LogP contribution in [-0.4, -0.2) is 24.9 Å². The Balaban J connectivity index is 1.64. The highest BCUT2D eigenvalue weighted by atomic mass is 32.2.